The van der Waals surface area contributed by atoms with Crippen LogP contribution in [0.2, 0.25) is 0 Å². The van der Waals surface area contributed by atoms with Gasteiger partial charge in [0, 0.05) is 18.3 Å². The van der Waals surface area contributed by atoms with Crippen LogP contribution in [0.5, 0.6) is 0 Å². The molecule has 14 heavy (non-hydrogen) atoms. The second-order valence-corrected chi connectivity index (χ2v) is 4.70. The van der Waals surface area contributed by atoms with Crippen molar-refractivity contribution >= 4 is 0 Å². The van der Waals surface area contributed by atoms with E-state index in [1.165, 1.54) is 31.4 Å². The summed E-state index contributed by atoms with van der Waals surface area (Å²) < 4.78 is 0. The summed E-state index contributed by atoms with van der Waals surface area (Å²) in [5, 5.41) is 0. The van der Waals surface area contributed by atoms with Gasteiger partial charge in [0.25, 0.3) is 0 Å². The van der Waals surface area contributed by atoms with Crippen LogP contribution in [0.25, 0.3) is 0 Å². The third-order valence-corrected chi connectivity index (χ3v) is 3.38. The Morgan fingerprint density at radius 1 is 1.29 bits per heavy atom. The summed E-state index contributed by atoms with van der Waals surface area (Å²) in [5.41, 5.74) is 1.48. The lowest BCUT2D eigenvalue weighted by molar-refractivity contribution is 0.265. The zero-order valence-corrected chi connectivity index (χ0v) is 10.2. The Hall–Kier alpha value is -0.460. The highest BCUT2D eigenvalue weighted by Gasteiger charge is 2.14. The van der Waals surface area contributed by atoms with Gasteiger partial charge in [0.15, 0.2) is 0 Å². The Bertz CT molecular complexity index is 195. The first-order valence-corrected chi connectivity index (χ1v) is 6.10. The average molecular weight is 195 g/mol. The molecule has 1 aliphatic heterocycles. The van der Waals surface area contributed by atoms with Gasteiger partial charge in [-0.2, -0.15) is 0 Å². The van der Waals surface area contributed by atoms with Crippen LogP contribution >= 0.6 is 0 Å². The minimum Gasteiger partial charge on any atom is -0.373 e. The molecule has 1 heterocycles. The maximum atomic E-state index is 2.54. The third kappa shape index (κ3) is 3.04. The molecule has 0 saturated heterocycles. The lowest BCUT2D eigenvalue weighted by atomic mass is 10.0. The summed E-state index contributed by atoms with van der Waals surface area (Å²) in [6, 6.07) is 0.724. The van der Waals surface area contributed by atoms with Crippen LogP contribution in [0.1, 0.15) is 53.4 Å². The Kier molecular flexibility index (Phi) is 4.50. The van der Waals surface area contributed by atoms with E-state index in [4.69, 9.17) is 0 Å². The molecule has 0 aromatic carbocycles. The monoisotopic (exact) mass is 195 g/mol. The molecular weight excluding hydrogens is 170 g/mol. The largest absolute Gasteiger partial charge is 0.373 e. The fraction of sp³-hybridized carbons (Fsp3) is 0.846. The molecule has 0 saturated carbocycles. The van der Waals surface area contributed by atoms with Crippen LogP contribution in [0.3, 0.4) is 0 Å². The Morgan fingerprint density at radius 2 is 1.93 bits per heavy atom. The molecule has 2 atom stereocenters. The quantitative estimate of drug-likeness (QED) is 0.615. The highest BCUT2D eigenvalue weighted by Crippen LogP contribution is 2.21. The minimum absolute atomic E-state index is 0.724. The number of allylic oxidation sites excluding steroid dienone is 2. The van der Waals surface area contributed by atoms with E-state index in [1.54, 1.807) is 0 Å². The standard InChI is InChI=1S/C13H25N/c1-5-14-12(3)9-7-6-8-11(2)10-13(14)4/h10-12H,5-9H2,1-4H3/b13-10-/t11?,12-/m1/s1. The summed E-state index contributed by atoms with van der Waals surface area (Å²) in [5.74, 6) is 0.759. The zero-order valence-electron chi connectivity index (χ0n) is 10.2. The van der Waals surface area contributed by atoms with E-state index in [-0.39, 0.29) is 0 Å². The van der Waals surface area contributed by atoms with Gasteiger partial charge in [-0.3, -0.25) is 0 Å². The van der Waals surface area contributed by atoms with Crippen molar-refractivity contribution < 1.29 is 0 Å². The predicted molar refractivity (Wildman–Crippen MR) is 63.2 cm³/mol. The smallest absolute Gasteiger partial charge is 0.0258 e. The summed E-state index contributed by atoms with van der Waals surface area (Å²) in [6.45, 7) is 10.4. The van der Waals surface area contributed by atoms with Crippen molar-refractivity contribution in [2.75, 3.05) is 6.54 Å². The Balaban J connectivity index is 2.75. The van der Waals surface area contributed by atoms with Crippen LogP contribution in [0.15, 0.2) is 11.8 Å². The molecule has 0 amide bonds. The highest BCUT2D eigenvalue weighted by atomic mass is 15.2. The molecule has 1 unspecified atom stereocenters. The molecule has 0 N–H and O–H groups in total. The minimum atomic E-state index is 0.724. The first-order chi connectivity index (χ1) is 6.65. The van der Waals surface area contributed by atoms with Gasteiger partial charge in [0.05, 0.1) is 0 Å². The molecule has 0 aromatic heterocycles. The molecule has 1 rings (SSSR count). The van der Waals surface area contributed by atoms with E-state index < -0.39 is 0 Å². The Morgan fingerprint density at radius 3 is 2.57 bits per heavy atom. The van der Waals surface area contributed by atoms with Crippen molar-refractivity contribution in [3.8, 4) is 0 Å². The van der Waals surface area contributed by atoms with Crippen LogP contribution in [0, 0.1) is 5.92 Å². The molecule has 0 spiro atoms. The Labute approximate surface area is 89.2 Å². The molecule has 82 valence electrons. The second-order valence-electron chi connectivity index (χ2n) is 4.70. The van der Waals surface area contributed by atoms with Crippen molar-refractivity contribution in [3.63, 3.8) is 0 Å². The molecule has 1 nitrogen and oxygen atoms in total. The molecule has 0 aliphatic carbocycles. The summed E-state index contributed by atoms with van der Waals surface area (Å²) in [7, 11) is 0. The molecule has 1 heteroatoms. The molecule has 0 fully saturated rings. The van der Waals surface area contributed by atoms with Crippen molar-refractivity contribution in [3.05, 3.63) is 11.8 Å². The lowest BCUT2D eigenvalue weighted by Gasteiger charge is -2.30. The number of hydrogen-bond acceptors (Lipinski definition) is 1. The van der Waals surface area contributed by atoms with E-state index >= 15 is 0 Å². The maximum Gasteiger partial charge on any atom is 0.0258 e. The highest BCUT2D eigenvalue weighted by molar-refractivity contribution is 5.02. The first kappa shape index (κ1) is 11.6. The van der Waals surface area contributed by atoms with E-state index in [2.05, 4.69) is 38.7 Å². The van der Waals surface area contributed by atoms with Gasteiger partial charge in [-0.15, -0.1) is 0 Å². The predicted octanol–water partition coefficient (Wildman–Crippen LogP) is 3.81. The van der Waals surface area contributed by atoms with Gasteiger partial charge in [-0.25, -0.2) is 0 Å². The van der Waals surface area contributed by atoms with Crippen molar-refractivity contribution in [1.82, 2.24) is 4.90 Å². The van der Waals surface area contributed by atoms with Crippen LogP contribution in [-0.2, 0) is 0 Å². The zero-order chi connectivity index (χ0) is 10.6. The summed E-state index contributed by atoms with van der Waals surface area (Å²) >= 11 is 0. The molecular formula is C13H25N. The first-order valence-electron chi connectivity index (χ1n) is 6.10. The average Bonchev–Trinajstić information content (AvgIpc) is 2.17. The molecule has 1 aliphatic rings. The maximum absolute atomic E-state index is 2.54. The van der Waals surface area contributed by atoms with Crippen LogP contribution in [-0.4, -0.2) is 17.5 Å². The topological polar surface area (TPSA) is 3.24 Å². The van der Waals surface area contributed by atoms with E-state index in [0.717, 1.165) is 18.5 Å². The van der Waals surface area contributed by atoms with Gasteiger partial charge in [-0.05, 0) is 39.5 Å². The van der Waals surface area contributed by atoms with E-state index in [0.29, 0.717) is 0 Å². The number of hydrogen-bond donors (Lipinski definition) is 0. The fourth-order valence-electron chi connectivity index (χ4n) is 2.56. The SMILES string of the molecule is CCN1/C(C)=C\C(C)CCCC[C@H]1C. The molecule has 0 bridgehead atoms. The van der Waals surface area contributed by atoms with Gasteiger partial charge in [0.1, 0.15) is 0 Å². The van der Waals surface area contributed by atoms with E-state index in [1.807, 2.05) is 0 Å². The number of rotatable bonds is 1. The van der Waals surface area contributed by atoms with Crippen molar-refractivity contribution in [2.24, 2.45) is 5.92 Å². The van der Waals surface area contributed by atoms with Crippen molar-refractivity contribution in [1.29, 1.82) is 0 Å². The van der Waals surface area contributed by atoms with Gasteiger partial charge < -0.3 is 4.90 Å². The second kappa shape index (κ2) is 5.43. The van der Waals surface area contributed by atoms with Crippen molar-refractivity contribution in [2.45, 2.75) is 59.4 Å². The molecule has 0 radical (unpaired) electrons. The summed E-state index contributed by atoms with van der Waals surface area (Å²) in [4.78, 5) is 2.54. The van der Waals surface area contributed by atoms with Gasteiger partial charge in [-0.1, -0.05) is 25.8 Å². The normalized spacial score (nSPS) is 34.0. The fourth-order valence-corrected chi connectivity index (χ4v) is 2.56. The van der Waals surface area contributed by atoms with Gasteiger partial charge in [0.2, 0.25) is 0 Å². The van der Waals surface area contributed by atoms with Crippen LogP contribution < -0.4 is 0 Å². The van der Waals surface area contributed by atoms with Gasteiger partial charge >= 0.3 is 0 Å². The summed E-state index contributed by atoms with van der Waals surface area (Å²) in [6.07, 6.45) is 7.95. The number of nitrogens with zero attached hydrogens (tertiary/aromatic N) is 1. The third-order valence-electron chi connectivity index (χ3n) is 3.38. The lowest BCUT2D eigenvalue weighted by Crippen LogP contribution is -2.31. The molecule has 0 aromatic rings. The van der Waals surface area contributed by atoms with E-state index in [9.17, 15) is 0 Å². The van der Waals surface area contributed by atoms with Crippen LogP contribution in [0.4, 0.5) is 0 Å².